The van der Waals surface area contributed by atoms with E-state index in [0.717, 1.165) is 25.9 Å². The predicted molar refractivity (Wildman–Crippen MR) is 47.4 cm³/mol. The molecule has 2 nitrogen and oxygen atoms in total. The van der Waals surface area contributed by atoms with Crippen molar-refractivity contribution in [3.63, 3.8) is 0 Å². The van der Waals surface area contributed by atoms with Crippen molar-refractivity contribution < 1.29 is 4.79 Å². The van der Waals surface area contributed by atoms with E-state index in [-0.39, 0.29) is 13.3 Å². The van der Waals surface area contributed by atoms with Crippen LogP contribution in [0.2, 0.25) is 0 Å². The SMILES string of the molecule is C.C=CC(=O)N1CCCCC1. The quantitative estimate of drug-likeness (QED) is 0.529. The number of carbonyl (C=O) groups is 1. The molecule has 0 bridgehead atoms. The molecule has 0 unspecified atom stereocenters. The van der Waals surface area contributed by atoms with Crippen LogP contribution in [0.4, 0.5) is 0 Å². The second kappa shape index (κ2) is 4.94. The Bertz CT molecular complexity index is 136. The molecule has 1 aliphatic rings. The zero-order valence-electron chi connectivity index (χ0n) is 6.18. The van der Waals surface area contributed by atoms with Gasteiger partial charge in [-0.15, -0.1) is 0 Å². The maximum absolute atomic E-state index is 11.0. The normalized spacial score (nSPS) is 16.9. The van der Waals surface area contributed by atoms with E-state index in [9.17, 15) is 4.79 Å². The van der Waals surface area contributed by atoms with Gasteiger partial charge in [-0.05, 0) is 25.3 Å². The molecule has 0 spiro atoms. The molecule has 64 valence electrons. The average molecular weight is 155 g/mol. The van der Waals surface area contributed by atoms with Gasteiger partial charge < -0.3 is 4.90 Å². The van der Waals surface area contributed by atoms with Crippen LogP contribution in [-0.4, -0.2) is 23.9 Å². The summed E-state index contributed by atoms with van der Waals surface area (Å²) in [5.41, 5.74) is 0. The second-order valence-corrected chi connectivity index (χ2v) is 2.59. The Hall–Kier alpha value is -0.790. The lowest BCUT2D eigenvalue weighted by Gasteiger charge is -2.25. The van der Waals surface area contributed by atoms with Crippen LogP contribution in [0, 0.1) is 0 Å². The molecule has 0 N–H and O–H groups in total. The van der Waals surface area contributed by atoms with Crippen molar-refractivity contribution in [3.8, 4) is 0 Å². The largest absolute Gasteiger partial charge is 0.339 e. The van der Waals surface area contributed by atoms with Gasteiger partial charge in [0.05, 0.1) is 0 Å². The van der Waals surface area contributed by atoms with Crippen LogP contribution in [0.25, 0.3) is 0 Å². The number of amides is 1. The van der Waals surface area contributed by atoms with Crippen molar-refractivity contribution in [2.45, 2.75) is 26.7 Å². The van der Waals surface area contributed by atoms with Crippen LogP contribution < -0.4 is 0 Å². The molecule has 0 saturated carbocycles. The van der Waals surface area contributed by atoms with E-state index in [4.69, 9.17) is 0 Å². The standard InChI is InChI=1S/C8H13NO.CH4/c1-2-8(10)9-6-4-3-5-7-9;/h2H,1,3-7H2;1H4. The van der Waals surface area contributed by atoms with Crippen LogP contribution in [0.3, 0.4) is 0 Å². The third kappa shape index (κ3) is 2.74. The van der Waals surface area contributed by atoms with Gasteiger partial charge in [0.2, 0.25) is 5.91 Å². The molecule has 0 atom stereocenters. The molecule has 0 aliphatic carbocycles. The number of hydrogen-bond acceptors (Lipinski definition) is 1. The summed E-state index contributed by atoms with van der Waals surface area (Å²) < 4.78 is 0. The molecule has 0 aromatic rings. The number of likely N-dealkylation sites (tertiary alicyclic amines) is 1. The van der Waals surface area contributed by atoms with Crippen LogP contribution >= 0.6 is 0 Å². The zero-order chi connectivity index (χ0) is 7.40. The fraction of sp³-hybridized carbons (Fsp3) is 0.667. The van der Waals surface area contributed by atoms with Crippen LogP contribution in [0.1, 0.15) is 26.7 Å². The average Bonchev–Trinajstić information content (AvgIpc) is 2.05. The van der Waals surface area contributed by atoms with E-state index >= 15 is 0 Å². The Labute approximate surface area is 68.9 Å². The summed E-state index contributed by atoms with van der Waals surface area (Å²) in [6.45, 7) is 5.29. The third-order valence-electron chi connectivity index (χ3n) is 1.84. The van der Waals surface area contributed by atoms with Gasteiger partial charge in [-0.1, -0.05) is 14.0 Å². The molecule has 11 heavy (non-hydrogen) atoms. The molecule has 2 heteroatoms. The monoisotopic (exact) mass is 155 g/mol. The third-order valence-corrected chi connectivity index (χ3v) is 1.84. The summed E-state index contributed by atoms with van der Waals surface area (Å²) >= 11 is 0. The van der Waals surface area contributed by atoms with Gasteiger partial charge in [0.25, 0.3) is 0 Å². The van der Waals surface area contributed by atoms with Gasteiger partial charge in [0, 0.05) is 13.1 Å². The maximum atomic E-state index is 11.0. The number of carbonyl (C=O) groups excluding carboxylic acids is 1. The van der Waals surface area contributed by atoms with E-state index in [1.807, 2.05) is 4.90 Å². The summed E-state index contributed by atoms with van der Waals surface area (Å²) in [5.74, 6) is 0.0831. The van der Waals surface area contributed by atoms with Crippen molar-refractivity contribution in [3.05, 3.63) is 12.7 Å². The first-order chi connectivity index (χ1) is 4.84. The van der Waals surface area contributed by atoms with Gasteiger partial charge >= 0.3 is 0 Å². The molecular weight excluding hydrogens is 138 g/mol. The highest BCUT2D eigenvalue weighted by Crippen LogP contribution is 2.08. The van der Waals surface area contributed by atoms with Crippen molar-refractivity contribution >= 4 is 5.91 Å². The van der Waals surface area contributed by atoms with E-state index in [1.165, 1.54) is 12.5 Å². The van der Waals surface area contributed by atoms with Gasteiger partial charge in [-0.3, -0.25) is 4.79 Å². The fourth-order valence-corrected chi connectivity index (χ4v) is 1.24. The van der Waals surface area contributed by atoms with Crippen molar-refractivity contribution in [2.24, 2.45) is 0 Å². The van der Waals surface area contributed by atoms with Crippen molar-refractivity contribution in [1.82, 2.24) is 4.90 Å². The minimum Gasteiger partial charge on any atom is -0.339 e. The van der Waals surface area contributed by atoms with Crippen molar-refractivity contribution in [2.75, 3.05) is 13.1 Å². The highest BCUT2D eigenvalue weighted by atomic mass is 16.2. The van der Waals surface area contributed by atoms with Gasteiger partial charge in [-0.2, -0.15) is 0 Å². The molecule has 0 aromatic heterocycles. The van der Waals surface area contributed by atoms with E-state index in [2.05, 4.69) is 6.58 Å². The molecule has 1 heterocycles. The molecular formula is C9H17NO. The molecule has 1 rings (SSSR count). The molecule has 1 amide bonds. The van der Waals surface area contributed by atoms with E-state index < -0.39 is 0 Å². The Morgan fingerprint density at radius 3 is 2.27 bits per heavy atom. The number of rotatable bonds is 1. The van der Waals surface area contributed by atoms with Crippen LogP contribution in [-0.2, 0) is 4.79 Å². The first-order valence-corrected chi connectivity index (χ1v) is 3.76. The molecule has 0 aromatic carbocycles. The minimum absolute atomic E-state index is 0. The summed E-state index contributed by atoms with van der Waals surface area (Å²) in [4.78, 5) is 12.8. The fourth-order valence-electron chi connectivity index (χ4n) is 1.24. The summed E-state index contributed by atoms with van der Waals surface area (Å²) in [6.07, 6.45) is 4.96. The second-order valence-electron chi connectivity index (χ2n) is 2.59. The number of piperidine rings is 1. The molecule has 1 aliphatic heterocycles. The first-order valence-electron chi connectivity index (χ1n) is 3.76. The summed E-state index contributed by atoms with van der Waals surface area (Å²) in [5, 5.41) is 0. The Morgan fingerprint density at radius 2 is 1.82 bits per heavy atom. The lowest BCUT2D eigenvalue weighted by molar-refractivity contribution is -0.126. The Kier molecular flexibility index (Phi) is 4.59. The first kappa shape index (κ1) is 10.2. The topological polar surface area (TPSA) is 20.3 Å². The summed E-state index contributed by atoms with van der Waals surface area (Å²) in [7, 11) is 0. The molecule has 1 saturated heterocycles. The van der Waals surface area contributed by atoms with E-state index in [1.54, 1.807) is 0 Å². The number of nitrogens with zero attached hydrogens (tertiary/aromatic N) is 1. The van der Waals surface area contributed by atoms with Gasteiger partial charge in [0.15, 0.2) is 0 Å². The maximum Gasteiger partial charge on any atom is 0.245 e. The smallest absolute Gasteiger partial charge is 0.245 e. The zero-order valence-corrected chi connectivity index (χ0v) is 6.18. The number of hydrogen-bond donors (Lipinski definition) is 0. The Morgan fingerprint density at radius 1 is 1.27 bits per heavy atom. The van der Waals surface area contributed by atoms with Gasteiger partial charge in [0.1, 0.15) is 0 Å². The van der Waals surface area contributed by atoms with Crippen LogP contribution in [0.15, 0.2) is 12.7 Å². The Balaban J connectivity index is 0.000001000. The summed E-state index contributed by atoms with van der Waals surface area (Å²) in [6, 6.07) is 0. The van der Waals surface area contributed by atoms with Crippen molar-refractivity contribution in [1.29, 1.82) is 0 Å². The highest BCUT2D eigenvalue weighted by molar-refractivity contribution is 5.86. The predicted octanol–water partition coefficient (Wildman–Crippen LogP) is 1.82. The highest BCUT2D eigenvalue weighted by Gasteiger charge is 2.12. The lowest BCUT2D eigenvalue weighted by atomic mass is 10.1. The minimum atomic E-state index is 0. The molecule has 1 fully saturated rings. The van der Waals surface area contributed by atoms with Crippen LogP contribution in [0.5, 0.6) is 0 Å². The van der Waals surface area contributed by atoms with Gasteiger partial charge in [-0.25, -0.2) is 0 Å². The lowest BCUT2D eigenvalue weighted by Crippen LogP contribution is -2.34. The molecule has 0 radical (unpaired) electrons. The van der Waals surface area contributed by atoms with E-state index in [0.29, 0.717) is 0 Å².